The van der Waals surface area contributed by atoms with Crippen molar-refractivity contribution in [1.82, 2.24) is 0 Å². The number of carboxylic acid groups (broad SMARTS) is 1. The predicted molar refractivity (Wildman–Crippen MR) is 86.4 cm³/mol. The van der Waals surface area contributed by atoms with Crippen LogP contribution < -0.4 is 9.64 Å². The highest BCUT2D eigenvalue weighted by Crippen LogP contribution is 2.34. The minimum atomic E-state index is -0.896. The van der Waals surface area contributed by atoms with Crippen LogP contribution in [-0.2, 0) is 4.79 Å². The van der Waals surface area contributed by atoms with Crippen molar-refractivity contribution in [2.45, 2.75) is 12.8 Å². The highest BCUT2D eigenvalue weighted by molar-refractivity contribution is 6.34. The van der Waals surface area contributed by atoms with E-state index in [1.165, 1.54) is 0 Å². The number of fused-ring (bicyclic) bond motifs is 1. The maximum absolute atomic E-state index is 12.6. The Hall–Kier alpha value is -3.15. The number of para-hydroxylation sites is 2. The van der Waals surface area contributed by atoms with E-state index < -0.39 is 17.8 Å². The number of carbonyl (C=O) groups excluding carboxylic acids is 2. The number of benzene rings is 2. The fraction of sp³-hybridized carbons (Fsp3) is 0.167. The molecular formula is C18H15NO5. The Kier molecular flexibility index (Phi) is 4.29. The average molecular weight is 325 g/mol. The predicted octanol–water partition coefficient (Wildman–Crippen LogP) is 2.73. The fourth-order valence-electron chi connectivity index (χ4n) is 2.58. The number of anilines is 1. The van der Waals surface area contributed by atoms with Crippen LogP contribution in [0.2, 0.25) is 0 Å². The third kappa shape index (κ3) is 2.86. The molecule has 0 saturated heterocycles. The van der Waals surface area contributed by atoms with Gasteiger partial charge in [-0.1, -0.05) is 24.3 Å². The molecule has 1 aliphatic rings. The third-order valence-electron chi connectivity index (χ3n) is 3.69. The molecule has 1 aliphatic heterocycles. The first-order valence-corrected chi connectivity index (χ1v) is 7.51. The van der Waals surface area contributed by atoms with Gasteiger partial charge in [0.15, 0.2) is 0 Å². The number of amides is 2. The number of nitrogens with zero attached hydrogens (tertiary/aromatic N) is 1. The maximum atomic E-state index is 12.6. The van der Waals surface area contributed by atoms with E-state index in [0.29, 0.717) is 29.0 Å². The van der Waals surface area contributed by atoms with Gasteiger partial charge in [0.05, 0.1) is 23.4 Å². The first kappa shape index (κ1) is 15.7. The molecule has 0 aliphatic carbocycles. The van der Waals surface area contributed by atoms with Crippen LogP contribution in [0.3, 0.4) is 0 Å². The second kappa shape index (κ2) is 6.54. The van der Waals surface area contributed by atoms with E-state index >= 15 is 0 Å². The number of carboxylic acids is 1. The molecule has 6 nitrogen and oxygen atoms in total. The number of aliphatic carboxylic acids is 1. The first-order valence-electron chi connectivity index (χ1n) is 7.51. The lowest BCUT2D eigenvalue weighted by Crippen LogP contribution is -2.29. The Balaban J connectivity index is 1.84. The summed E-state index contributed by atoms with van der Waals surface area (Å²) in [4.78, 5) is 36.7. The van der Waals surface area contributed by atoms with Gasteiger partial charge in [0, 0.05) is 6.42 Å². The van der Waals surface area contributed by atoms with Crippen molar-refractivity contribution < 1.29 is 24.2 Å². The van der Waals surface area contributed by atoms with Gasteiger partial charge >= 0.3 is 5.97 Å². The summed E-state index contributed by atoms with van der Waals surface area (Å²) in [5.41, 5.74) is 1.09. The molecule has 3 rings (SSSR count). The van der Waals surface area contributed by atoms with Crippen LogP contribution >= 0.6 is 0 Å². The number of rotatable bonds is 6. The van der Waals surface area contributed by atoms with Gasteiger partial charge in [-0.05, 0) is 30.7 Å². The molecule has 0 bridgehead atoms. The maximum Gasteiger partial charge on any atom is 0.303 e. The summed E-state index contributed by atoms with van der Waals surface area (Å²) in [5, 5.41) is 8.65. The number of hydrogen-bond acceptors (Lipinski definition) is 4. The standard InChI is InChI=1S/C18H15NO5/c20-16(21)10-5-11-24-15-9-4-3-8-14(15)19-17(22)12-6-1-2-7-13(12)18(19)23/h1-4,6-9H,5,10-11H2,(H,20,21). The van der Waals surface area contributed by atoms with Crippen molar-refractivity contribution in [1.29, 1.82) is 0 Å². The zero-order chi connectivity index (χ0) is 17.1. The van der Waals surface area contributed by atoms with Gasteiger partial charge in [0.2, 0.25) is 0 Å². The third-order valence-corrected chi connectivity index (χ3v) is 3.69. The molecule has 1 heterocycles. The molecule has 0 aromatic heterocycles. The molecule has 2 aromatic rings. The molecule has 122 valence electrons. The zero-order valence-corrected chi connectivity index (χ0v) is 12.8. The Morgan fingerprint density at radius 3 is 2.17 bits per heavy atom. The summed E-state index contributed by atoms with van der Waals surface area (Å²) in [6, 6.07) is 13.4. The Morgan fingerprint density at radius 1 is 0.958 bits per heavy atom. The SMILES string of the molecule is O=C(O)CCCOc1ccccc1N1C(=O)c2ccccc2C1=O. The van der Waals surface area contributed by atoms with E-state index in [1.807, 2.05) is 0 Å². The minimum Gasteiger partial charge on any atom is -0.491 e. The van der Waals surface area contributed by atoms with Crippen molar-refractivity contribution in [3.05, 3.63) is 59.7 Å². The van der Waals surface area contributed by atoms with Crippen LogP contribution in [0.4, 0.5) is 5.69 Å². The van der Waals surface area contributed by atoms with Gasteiger partial charge in [0.25, 0.3) is 11.8 Å². The Bertz CT molecular complexity index is 780. The van der Waals surface area contributed by atoms with Crippen LogP contribution in [0.1, 0.15) is 33.6 Å². The lowest BCUT2D eigenvalue weighted by atomic mass is 10.1. The van der Waals surface area contributed by atoms with Crippen LogP contribution in [0, 0.1) is 0 Å². The normalized spacial score (nSPS) is 13.1. The monoisotopic (exact) mass is 325 g/mol. The van der Waals surface area contributed by atoms with Gasteiger partial charge in [-0.2, -0.15) is 0 Å². The van der Waals surface area contributed by atoms with E-state index in [9.17, 15) is 14.4 Å². The number of carbonyl (C=O) groups is 3. The van der Waals surface area contributed by atoms with Crippen LogP contribution in [-0.4, -0.2) is 29.5 Å². The second-order valence-corrected chi connectivity index (χ2v) is 5.30. The summed E-state index contributed by atoms with van der Waals surface area (Å²) >= 11 is 0. The number of hydrogen-bond donors (Lipinski definition) is 1. The van der Waals surface area contributed by atoms with Gasteiger partial charge in [0.1, 0.15) is 5.75 Å². The van der Waals surface area contributed by atoms with E-state index in [1.54, 1.807) is 48.5 Å². The van der Waals surface area contributed by atoms with Crippen LogP contribution in [0.15, 0.2) is 48.5 Å². The number of imide groups is 1. The molecule has 24 heavy (non-hydrogen) atoms. The van der Waals surface area contributed by atoms with E-state index in [2.05, 4.69) is 0 Å². The molecule has 0 atom stereocenters. The quantitative estimate of drug-likeness (QED) is 0.652. The molecule has 1 N–H and O–H groups in total. The summed E-state index contributed by atoms with van der Waals surface area (Å²) in [6.45, 7) is 0.187. The molecular weight excluding hydrogens is 310 g/mol. The second-order valence-electron chi connectivity index (χ2n) is 5.30. The van der Waals surface area contributed by atoms with Gasteiger partial charge in [-0.3, -0.25) is 14.4 Å². The van der Waals surface area contributed by atoms with E-state index in [0.717, 1.165) is 4.90 Å². The summed E-state index contributed by atoms with van der Waals surface area (Å²) in [5.74, 6) is -1.31. The smallest absolute Gasteiger partial charge is 0.303 e. The lowest BCUT2D eigenvalue weighted by molar-refractivity contribution is -0.137. The molecule has 0 fully saturated rings. The summed E-state index contributed by atoms with van der Waals surface area (Å²) < 4.78 is 5.59. The molecule has 2 aromatic carbocycles. The van der Waals surface area contributed by atoms with Gasteiger partial charge < -0.3 is 9.84 Å². The van der Waals surface area contributed by atoms with Crippen LogP contribution in [0.5, 0.6) is 5.75 Å². The molecule has 0 unspecified atom stereocenters. The molecule has 6 heteroatoms. The largest absolute Gasteiger partial charge is 0.491 e. The minimum absolute atomic E-state index is 0.00478. The Morgan fingerprint density at radius 2 is 1.54 bits per heavy atom. The molecule has 0 spiro atoms. The summed E-state index contributed by atoms with van der Waals surface area (Å²) in [7, 11) is 0. The average Bonchev–Trinajstić information content (AvgIpc) is 2.84. The van der Waals surface area contributed by atoms with Crippen molar-refractivity contribution in [2.24, 2.45) is 0 Å². The topological polar surface area (TPSA) is 83.9 Å². The fourth-order valence-corrected chi connectivity index (χ4v) is 2.58. The van der Waals surface area contributed by atoms with Crippen molar-refractivity contribution >= 4 is 23.5 Å². The summed E-state index contributed by atoms with van der Waals surface area (Å²) in [6.07, 6.45) is 0.334. The van der Waals surface area contributed by atoms with Gasteiger partial charge in [-0.25, -0.2) is 4.90 Å². The molecule has 2 amide bonds. The number of ether oxygens (including phenoxy) is 1. The van der Waals surface area contributed by atoms with Crippen molar-refractivity contribution in [3.8, 4) is 5.75 Å². The van der Waals surface area contributed by atoms with Gasteiger partial charge in [-0.15, -0.1) is 0 Å². The highest BCUT2D eigenvalue weighted by atomic mass is 16.5. The van der Waals surface area contributed by atoms with Crippen molar-refractivity contribution in [3.63, 3.8) is 0 Å². The van der Waals surface area contributed by atoms with Crippen molar-refractivity contribution in [2.75, 3.05) is 11.5 Å². The van der Waals surface area contributed by atoms with E-state index in [4.69, 9.17) is 9.84 Å². The highest BCUT2D eigenvalue weighted by Gasteiger charge is 2.37. The zero-order valence-electron chi connectivity index (χ0n) is 12.8. The Labute approximate surface area is 138 Å². The molecule has 0 radical (unpaired) electrons. The first-order chi connectivity index (χ1) is 11.6. The molecule has 0 saturated carbocycles. The van der Waals surface area contributed by atoms with Crippen LogP contribution in [0.25, 0.3) is 0 Å². The lowest BCUT2D eigenvalue weighted by Gasteiger charge is -2.18. The van der Waals surface area contributed by atoms with E-state index in [-0.39, 0.29) is 13.0 Å².